The normalized spacial score (nSPS) is 32.8. The molecule has 23 heavy (non-hydrogen) atoms. The smallest absolute Gasteiger partial charge is 0.313 e. The largest absolute Gasteiger partial charge is 0.466 e. The van der Waals surface area contributed by atoms with E-state index in [2.05, 4.69) is 17.4 Å². The minimum Gasteiger partial charge on any atom is -0.466 e. The average molecular weight is 315 g/mol. The van der Waals surface area contributed by atoms with Crippen molar-refractivity contribution in [3.05, 3.63) is 35.9 Å². The zero-order chi connectivity index (χ0) is 16.4. The first-order valence-corrected chi connectivity index (χ1v) is 8.54. The van der Waals surface area contributed by atoms with Gasteiger partial charge in [0.25, 0.3) is 0 Å². The van der Waals surface area contributed by atoms with Crippen LogP contribution in [-0.2, 0) is 20.9 Å². The predicted molar refractivity (Wildman–Crippen MR) is 87.6 cm³/mol. The van der Waals surface area contributed by atoms with Gasteiger partial charge in [-0.05, 0) is 38.2 Å². The zero-order valence-electron chi connectivity index (χ0n) is 13.9. The Hall–Kier alpha value is -1.68. The van der Waals surface area contributed by atoms with Gasteiger partial charge in [-0.3, -0.25) is 9.59 Å². The lowest BCUT2D eigenvalue weighted by molar-refractivity contribution is -0.171. The van der Waals surface area contributed by atoms with E-state index in [0.29, 0.717) is 25.4 Å². The van der Waals surface area contributed by atoms with Gasteiger partial charge >= 0.3 is 5.97 Å². The molecule has 0 aliphatic heterocycles. The van der Waals surface area contributed by atoms with Crippen LogP contribution in [0.1, 0.15) is 38.7 Å². The number of fused-ring (bicyclic) bond motifs is 3. The average Bonchev–Trinajstić information content (AvgIpc) is 2.56. The molecule has 1 aromatic carbocycles. The van der Waals surface area contributed by atoms with Gasteiger partial charge in [-0.25, -0.2) is 0 Å². The fraction of sp³-hybridized carbons (Fsp3) is 0.579. The molecule has 0 unspecified atom stereocenters. The van der Waals surface area contributed by atoms with Gasteiger partial charge in [0.15, 0.2) is 0 Å². The summed E-state index contributed by atoms with van der Waals surface area (Å²) >= 11 is 0. The van der Waals surface area contributed by atoms with E-state index in [-0.39, 0.29) is 23.8 Å². The van der Waals surface area contributed by atoms with Gasteiger partial charge in [-0.1, -0.05) is 30.3 Å². The van der Waals surface area contributed by atoms with Crippen LogP contribution in [0.2, 0.25) is 0 Å². The minimum absolute atomic E-state index is 0.0712. The number of Topliss-reactive ketones (excluding diaryl/α,β-unsaturated/α-hetero) is 1. The highest BCUT2D eigenvalue weighted by atomic mass is 16.5. The van der Waals surface area contributed by atoms with E-state index in [9.17, 15) is 9.59 Å². The van der Waals surface area contributed by atoms with Crippen LogP contribution in [0.25, 0.3) is 0 Å². The highest BCUT2D eigenvalue weighted by molar-refractivity contribution is 5.89. The summed E-state index contributed by atoms with van der Waals surface area (Å²) in [5.41, 5.74) is 0.550. The first-order chi connectivity index (χ1) is 11.1. The van der Waals surface area contributed by atoms with Gasteiger partial charge in [0.2, 0.25) is 0 Å². The molecule has 0 heterocycles. The summed E-state index contributed by atoms with van der Waals surface area (Å²) in [5.74, 6) is 0.159. The SMILES string of the molecule is CCOC(=O)[C@@]1(C)[C@H]2CC[C@H](C(=O)C2)[C@@H]1NCc1ccccc1. The highest BCUT2D eigenvalue weighted by Gasteiger charge is 2.59. The first kappa shape index (κ1) is 16.2. The molecule has 0 amide bonds. The van der Waals surface area contributed by atoms with Crippen molar-refractivity contribution in [2.75, 3.05) is 6.61 Å². The van der Waals surface area contributed by atoms with Gasteiger partial charge in [0.05, 0.1) is 12.0 Å². The zero-order valence-corrected chi connectivity index (χ0v) is 13.9. The molecule has 0 aromatic heterocycles. The molecule has 1 aromatic rings. The second kappa shape index (κ2) is 6.44. The Morgan fingerprint density at radius 2 is 2.04 bits per heavy atom. The van der Waals surface area contributed by atoms with E-state index < -0.39 is 5.41 Å². The van der Waals surface area contributed by atoms with E-state index >= 15 is 0 Å². The molecule has 3 aliphatic rings. The van der Waals surface area contributed by atoms with E-state index in [1.807, 2.05) is 32.0 Å². The Morgan fingerprint density at radius 3 is 2.70 bits per heavy atom. The summed E-state index contributed by atoms with van der Waals surface area (Å²) in [5, 5.41) is 3.51. The number of esters is 1. The van der Waals surface area contributed by atoms with Crippen molar-refractivity contribution in [1.82, 2.24) is 5.32 Å². The summed E-state index contributed by atoms with van der Waals surface area (Å²) in [7, 11) is 0. The van der Waals surface area contributed by atoms with Crippen molar-refractivity contribution in [2.45, 2.75) is 45.7 Å². The molecule has 3 saturated carbocycles. The second-order valence-electron chi connectivity index (χ2n) is 6.90. The fourth-order valence-corrected chi connectivity index (χ4v) is 4.33. The summed E-state index contributed by atoms with van der Waals surface area (Å²) in [6, 6.07) is 9.95. The van der Waals surface area contributed by atoms with E-state index in [4.69, 9.17) is 4.74 Å². The number of rotatable bonds is 5. The number of ketones is 1. The monoisotopic (exact) mass is 315 g/mol. The molecule has 4 nitrogen and oxygen atoms in total. The van der Waals surface area contributed by atoms with E-state index in [1.54, 1.807) is 0 Å². The lowest BCUT2D eigenvalue weighted by Gasteiger charge is -2.53. The minimum atomic E-state index is -0.610. The molecular weight excluding hydrogens is 290 g/mol. The Labute approximate surface area is 137 Å². The molecule has 4 atom stereocenters. The van der Waals surface area contributed by atoms with Crippen molar-refractivity contribution in [3.8, 4) is 0 Å². The molecule has 4 rings (SSSR count). The van der Waals surface area contributed by atoms with Crippen LogP contribution in [0.5, 0.6) is 0 Å². The van der Waals surface area contributed by atoms with Crippen LogP contribution >= 0.6 is 0 Å². The van der Waals surface area contributed by atoms with Gasteiger partial charge in [0.1, 0.15) is 5.78 Å². The number of hydrogen-bond donors (Lipinski definition) is 1. The molecule has 1 N–H and O–H groups in total. The second-order valence-corrected chi connectivity index (χ2v) is 6.90. The maximum atomic E-state index is 12.7. The number of ether oxygens (including phenoxy) is 1. The molecule has 0 radical (unpaired) electrons. The van der Waals surface area contributed by atoms with Gasteiger partial charge in [-0.2, -0.15) is 0 Å². The topological polar surface area (TPSA) is 55.4 Å². The third-order valence-electron chi connectivity index (χ3n) is 5.67. The molecule has 4 heteroatoms. The van der Waals surface area contributed by atoms with Crippen LogP contribution in [0, 0.1) is 17.3 Å². The molecule has 124 valence electrons. The maximum Gasteiger partial charge on any atom is 0.313 e. The van der Waals surface area contributed by atoms with Gasteiger partial charge in [0, 0.05) is 24.9 Å². The third-order valence-corrected chi connectivity index (χ3v) is 5.67. The van der Waals surface area contributed by atoms with Crippen LogP contribution < -0.4 is 5.32 Å². The quantitative estimate of drug-likeness (QED) is 0.849. The Bertz CT molecular complexity index is 586. The molecule has 3 fully saturated rings. The molecule has 0 spiro atoms. The van der Waals surface area contributed by atoms with Gasteiger partial charge in [-0.15, -0.1) is 0 Å². The highest BCUT2D eigenvalue weighted by Crippen LogP contribution is 2.51. The van der Waals surface area contributed by atoms with Crippen molar-refractivity contribution in [3.63, 3.8) is 0 Å². The van der Waals surface area contributed by atoms with Crippen molar-refractivity contribution >= 4 is 11.8 Å². The maximum absolute atomic E-state index is 12.7. The van der Waals surface area contributed by atoms with Crippen LogP contribution in [0.4, 0.5) is 0 Å². The number of carbonyl (C=O) groups excluding carboxylic acids is 2. The van der Waals surface area contributed by atoms with Crippen molar-refractivity contribution < 1.29 is 14.3 Å². The number of carbonyl (C=O) groups is 2. The number of hydrogen-bond acceptors (Lipinski definition) is 4. The van der Waals surface area contributed by atoms with Crippen molar-refractivity contribution in [1.29, 1.82) is 0 Å². The third kappa shape index (κ3) is 2.80. The fourth-order valence-electron chi connectivity index (χ4n) is 4.33. The molecule has 2 bridgehead atoms. The van der Waals surface area contributed by atoms with Crippen LogP contribution in [0.15, 0.2) is 30.3 Å². The summed E-state index contributed by atoms with van der Waals surface area (Å²) in [6.45, 7) is 4.86. The first-order valence-electron chi connectivity index (χ1n) is 8.54. The van der Waals surface area contributed by atoms with Crippen LogP contribution in [0.3, 0.4) is 0 Å². The summed E-state index contributed by atoms with van der Waals surface area (Å²) in [4.78, 5) is 25.0. The van der Waals surface area contributed by atoms with E-state index in [1.165, 1.54) is 0 Å². The Kier molecular flexibility index (Phi) is 4.53. The Balaban J connectivity index is 1.83. The predicted octanol–water partition coefficient (Wildman–Crippen LogP) is 2.71. The summed E-state index contributed by atoms with van der Waals surface area (Å²) < 4.78 is 5.36. The molecule has 0 saturated heterocycles. The molecule has 3 aliphatic carbocycles. The van der Waals surface area contributed by atoms with E-state index in [0.717, 1.165) is 18.4 Å². The van der Waals surface area contributed by atoms with Crippen LogP contribution in [-0.4, -0.2) is 24.4 Å². The standard InChI is InChI=1S/C19H25NO3/c1-3-23-18(22)19(2)14-9-10-15(16(21)11-14)17(19)20-12-13-7-5-4-6-8-13/h4-8,14-15,17,20H,3,9-12H2,1-2H3/t14-,15+,17-,19-/m0/s1. The Morgan fingerprint density at radius 1 is 1.30 bits per heavy atom. The summed E-state index contributed by atoms with van der Waals surface area (Å²) in [6.07, 6.45) is 2.34. The lowest BCUT2D eigenvalue weighted by atomic mass is 9.53. The van der Waals surface area contributed by atoms with Gasteiger partial charge < -0.3 is 10.1 Å². The molecular formula is C19H25NO3. The number of nitrogens with one attached hydrogen (secondary N) is 1. The lowest BCUT2D eigenvalue weighted by Crippen LogP contribution is -2.64. The number of benzene rings is 1. The van der Waals surface area contributed by atoms with Crippen molar-refractivity contribution in [2.24, 2.45) is 17.3 Å².